The summed E-state index contributed by atoms with van der Waals surface area (Å²) in [5, 5.41) is 7.05. The van der Waals surface area contributed by atoms with Crippen LogP contribution in [-0.4, -0.2) is 67.2 Å². The largest absolute Gasteiger partial charge is 0.497 e. The van der Waals surface area contributed by atoms with Crippen LogP contribution in [0.3, 0.4) is 0 Å². The molecule has 2 atom stereocenters. The van der Waals surface area contributed by atoms with E-state index >= 15 is 0 Å². The Hall–Kier alpha value is -3.27. The first-order valence-electron chi connectivity index (χ1n) is 11.9. The molecule has 2 amide bonds. The van der Waals surface area contributed by atoms with Crippen molar-refractivity contribution < 1.29 is 33.4 Å². The van der Waals surface area contributed by atoms with Gasteiger partial charge in [0.05, 0.1) is 20.0 Å². The van der Waals surface area contributed by atoms with Crippen LogP contribution in [0.15, 0.2) is 36.4 Å². The van der Waals surface area contributed by atoms with Gasteiger partial charge in [-0.3, -0.25) is 9.59 Å². The molecule has 0 radical (unpaired) electrons. The van der Waals surface area contributed by atoms with E-state index in [1.165, 1.54) is 18.9 Å². The van der Waals surface area contributed by atoms with Gasteiger partial charge in [0.2, 0.25) is 5.91 Å². The summed E-state index contributed by atoms with van der Waals surface area (Å²) in [5.74, 6) is -0.601. The number of methoxy groups -OCH3 is 2. The quantitative estimate of drug-likeness (QED) is 0.330. The number of rotatable bonds is 11. The average molecular weight is 533 g/mol. The highest BCUT2D eigenvalue weighted by Crippen LogP contribution is 2.22. The highest BCUT2D eigenvalue weighted by Gasteiger charge is 2.30. The first kappa shape index (κ1) is 30.0. The first-order chi connectivity index (χ1) is 17.3. The van der Waals surface area contributed by atoms with Gasteiger partial charge in [-0.2, -0.15) is 11.8 Å². The summed E-state index contributed by atoms with van der Waals surface area (Å²) in [5.41, 5.74) is -0.224. The molecule has 0 spiro atoms. The van der Waals surface area contributed by atoms with Crippen molar-refractivity contribution in [3.05, 3.63) is 42.0 Å². The molecule has 0 aliphatic heterocycles. The number of thioether (sulfide) groups is 1. The molecule has 0 fully saturated rings. The van der Waals surface area contributed by atoms with E-state index in [0.29, 0.717) is 5.56 Å². The number of Topliss-reactive ketones (excluding diaryl/α,β-unsaturated/α-hetero) is 1. The number of esters is 1. The molecule has 2 N–H and O–H groups in total. The van der Waals surface area contributed by atoms with Crippen molar-refractivity contribution in [3.63, 3.8) is 0 Å². The van der Waals surface area contributed by atoms with Gasteiger partial charge in [-0.1, -0.05) is 32.0 Å². The highest BCUT2D eigenvalue weighted by molar-refractivity contribution is 8.00. The second-order valence-electron chi connectivity index (χ2n) is 9.82. The van der Waals surface area contributed by atoms with Crippen molar-refractivity contribution in [2.75, 3.05) is 25.7 Å². The highest BCUT2D eigenvalue weighted by atomic mass is 32.2. The van der Waals surface area contributed by atoms with Crippen LogP contribution in [0.1, 0.15) is 45.0 Å². The molecule has 0 saturated carbocycles. The standard InChI is InChI=1S/C27H36N2O7S/c1-16(2)23(25(32)35-7)29-24(31)21(28-26(33)36-27(3,4)5)14-37-15-22(30)19-9-8-18-13-20(34-6)11-10-17(18)12-19/h8-13,16,21,23H,14-15H2,1-7H3,(H,28,33)(H,29,31)/t21-,23-/m0/s1. The molecule has 202 valence electrons. The maximum Gasteiger partial charge on any atom is 0.408 e. The van der Waals surface area contributed by atoms with E-state index in [4.69, 9.17) is 14.2 Å². The number of hydrogen-bond donors (Lipinski definition) is 2. The van der Waals surface area contributed by atoms with Crippen molar-refractivity contribution in [2.45, 2.75) is 52.3 Å². The second kappa shape index (κ2) is 13.3. The molecular weight excluding hydrogens is 496 g/mol. The molecule has 0 bridgehead atoms. The molecule has 0 unspecified atom stereocenters. The number of ether oxygens (including phenoxy) is 3. The van der Waals surface area contributed by atoms with Gasteiger partial charge >= 0.3 is 12.1 Å². The van der Waals surface area contributed by atoms with Gasteiger partial charge in [0.15, 0.2) is 5.78 Å². The van der Waals surface area contributed by atoms with Gasteiger partial charge in [0.25, 0.3) is 0 Å². The summed E-state index contributed by atoms with van der Waals surface area (Å²) in [6, 6.07) is 9.09. The van der Waals surface area contributed by atoms with E-state index in [9.17, 15) is 19.2 Å². The zero-order valence-corrected chi connectivity index (χ0v) is 23.2. The van der Waals surface area contributed by atoms with Gasteiger partial charge in [0, 0.05) is 11.3 Å². The van der Waals surface area contributed by atoms with Gasteiger partial charge in [0.1, 0.15) is 23.4 Å². The van der Waals surface area contributed by atoms with E-state index < -0.39 is 35.7 Å². The predicted molar refractivity (Wildman–Crippen MR) is 144 cm³/mol. The lowest BCUT2D eigenvalue weighted by Crippen LogP contribution is -2.54. The van der Waals surface area contributed by atoms with Crippen molar-refractivity contribution in [3.8, 4) is 5.75 Å². The summed E-state index contributed by atoms with van der Waals surface area (Å²) in [6.07, 6.45) is -0.774. The molecule has 9 nitrogen and oxygen atoms in total. The molecule has 2 aromatic rings. The average Bonchev–Trinajstić information content (AvgIpc) is 2.83. The topological polar surface area (TPSA) is 120 Å². The Kier molecular flexibility index (Phi) is 10.8. The molecule has 0 saturated heterocycles. The van der Waals surface area contributed by atoms with Gasteiger partial charge in [-0.15, -0.1) is 0 Å². The SMILES string of the molecule is COC(=O)[C@@H](NC(=O)[C@H](CSCC(=O)c1ccc2cc(OC)ccc2c1)NC(=O)OC(C)(C)C)C(C)C. The Labute approximate surface area is 222 Å². The molecule has 0 aliphatic carbocycles. The van der Waals surface area contributed by atoms with Crippen molar-refractivity contribution >= 4 is 46.3 Å². The minimum atomic E-state index is -1.04. The Morgan fingerprint density at radius 3 is 2.19 bits per heavy atom. The first-order valence-corrected chi connectivity index (χ1v) is 13.1. The number of amides is 2. The van der Waals surface area contributed by atoms with Crippen LogP contribution in [0.2, 0.25) is 0 Å². The summed E-state index contributed by atoms with van der Waals surface area (Å²) in [7, 11) is 2.84. The summed E-state index contributed by atoms with van der Waals surface area (Å²) < 4.78 is 15.3. The molecule has 2 rings (SSSR count). The fraction of sp³-hybridized carbons (Fsp3) is 0.481. The summed E-state index contributed by atoms with van der Waals surface area (Å²) >= 11 is 1.20. The number of carbonyl (C=O) groups is 4. The molecule has 37 heavy (non-hydrogen) atoms. The predicted octanol–water partition coefficient (Wildman–Crippen LogP) is 3.97. The lowest BCUT2D eigenvalue weighted by atomic mass is 10.0. The third-order valence-electron chi connectivity index (χ3n) is 5.31. The van der Waals surface area contributed by atoms with E-state index in [0.717, 1.165) is 16.5 Å². The number of carbonyl (C=O) groups excluding carboxylic acids is 4. The molecular formula is C27H36N2O7S. The summed E-state index contributed by atoms with van der Waals surface area (Å²) in [6.45, 7) is 8.67. The molecule has 10 heteroatoms. The van der Waals surface area contributed by atoms with Crippen LogP contribution in [0.5, 0.6) is 5.75 Å². The second-order valence-corrected chi connectivity index (χ2v) is 10.8. The van der Waals surface area contributed by atoms with E-state index in [2.05, 4.69) is 10.6 Å². The lowest BCUT2D eigenvalue weighted by Gasteiger charge is -2.25. The van der Waals surface area contributed by atoms with Crippen molar-refractivity contribution in [2.24, 2.45) is 5.92 Å². The smallest absolute Gasteiger partial charge is 0.408 e. The monoisotopic (exact) mass is 532 g/mol. The number of nitrogens with one attached hydrogen (secondary N) is 2. The maximum absolute atomic E-state index is 13.0. The van der Waals surface area contributed by atoms with Crippen molar-refractivity contribution in [1.29, 1.82) is 0 Å². The van der Waals surface area contributed by atoms with Crippen LogP contribution in [0.4, 0.5) is 4.79 Å². The molecule has 0 aliphatic rings. The summed E-state index contributed by atoms with van der Waals surface area (Å²) in [4.78, 5) is 50.4. The molecule has 0 heterocycles. The van der Waals surface area contributed by atoms with Gasteiger partial charge in [-0.05, 0) is 55.7 Å². The molecule has 0 aromatic heterocycles. The third-order valence-corrected chi connectivity index (χ3v) is 6.35. The fourth-order valence-electron chi connectivity index (χ4n) is 3.39. The van der Waals surface area contributed by atoms with Crippen molar-refractivity contribution in [1.82, 2.24) is 10.6 Å². The molecule has 2 aromatic carbocycles. The fourth-order valence-corrected chi connectivity index (χ4v) is 4.33. The van der Waals surface area contributed by atoms with Crippen LogP contribution < -0.4 is 15.4 Å². The van der Waals surface area contributed by atoms with E-state index in [1.807, 2.05) is 30.3 Å². The minimum Gasteiger partial charge on any atom is -0.497 e. The third kappa shape index (κ3) is 9.27. The minimum absolute atomic E-state index is 0.0893. The number of benzene rings is 2. The normalized spacial score (nSPS) is 13.0. The van der Waals surface area contributed by atoms with E-state index in [1.54, 1.807) is 47.8 Å². The number of hydrogen-bond acceptors (Lipinski definition) is 8. The lowest BCUT2D eigenvalue weighted by molar-refractivity contribution is -0.146. The Morgan fingerprint density at radius 2 is 1.59 bits per heavy atom. The zero-order valence-electron chi connectivity index (χ0n) is 22.4. The number of ketones is 1. The zero-order chi connectivity index (χ0) is 27.8. The van der Waals surface area contributed by atoms with Crippen LogP contribution in [0, 0.1) is 5.92 Å². The Bertz CT molecular complexity index is 1130. The van der Waals surface area contributed by atoms with Crippen LogP contribution in [-0.2, 0) is 19.1 Å². The Balaban J connectivity index is 2.10. The van der Waals surface area contributed by atoms with Crippen LogP contribution >= 0.6 is 11.8 Å². The van der Waals surface area contributed by atoms with E-state index in [-0.39, 0.29) is 23.2 Å². The van der Waals surface area contributed by atoms with Gasteiger partial charge < -0.3 is 24.8 Å². The van der Waals surface area contributed by atoms with Crippen LogP contribution in [0.25, 0.3) is 10.8 Å². The number of alkyl carbamates (subject to hydrolysis) is 1. The number of fused-ring (bicyclic) bond motifs is 1. The van der Waals surface area contributed by atoms with Gasteiger partial charge in [-0.25, -0.2) is 9.59 Å². The maximum atomic E-state index is 13.0. The Morgan fingerprint density at radius 1 is 0.946 bits per heavy atom.